The van der Waals surface area contributed by atoms with Gasteiger partial charge in [-0.05, 0) is 29.9 Å². The smallest absolute Gasteiger partial charge is 0.267 e. The summed E-state index contributed by atoms with van der Waals surface area (Å²) < 4.78 is 2.92. The van der Waals surface area contributed by atoms with Crippen LogP contribution in [0.2, 0.25) is 0 Å². The molecule has 120 valence electrons. The van der Waals surface area contributed by atoms with Crippen LogP contribution in [0.1, 0.15) is 23.6 Å². The summed E-state index contributed by atoms with van der Waals surface area (Å²) in [5, 5.41) is 23.8. The predicted octanol–water partition coefficient (Wildman–Crippen LogP) is 1.30. The molecular formula is C15H16N4O3S. The summed E-state index contributed by atoms with van der Waals surface area (Å²) in [6, 6.07) is 6.64. The van der Waals surface area contributed by atoms with Gasteiger partial charge in [-0.25, -0.2) is 0 Å². The molecule has 0 radical (unpaired) electrons. The monoisotopic (exact) mass is 332 g/mol. The van der Waals surface area contributed by atoms with Gasteiger partial charge in [0.05, 0.1) is 11.8 Å². The molecule has 1 aliphatic heterocycles. The molecule has 0 fully saturated rings. The van der Waals surface area contributed by atoms with Gasteiger partial charge < -0.3 is 15.6 Å². The molecule has 0 bridgehead atoms. The van der Waals surface area contributed by atoms with Crippen LogP contribution in [0, 0.1) is 4.77 Å². The highest BCUT2D eigenvalue weighted by Crippen LogP contribution is 2.27. The van der Waals surface area contributed by atoms with Gasteiger partial charge in [0, 0.05) is 20.5 Å². The third-order valence-corrected chi connectivity index (χ3v) is 4.52. The molecule has 0 spiro atoms. The average Bonchev–Trinajstić information content (AvgIpc) is 3.01. The number of hydrogen-bond donors (Lipinski definition) is 3. The van der Waals surface area contributed by atoms with Crippen LogP contribution in [0.3, 0.4) is 0 Å². The van der Waals surface area contributed by atoms with Crippen LogP contribution >= 0.6 is 12.2 Å². The third-order valence-electron chi connectivity index (χ3n) is 3.97. The predicted molar refractivity (Wildman–Crippen MR) is 88.3 cm³/mol. The number of aromatic nitrogens is 2. The fourth-order valence-corrected chi connectivity index (χ4v) is 2.75. The van der Waals surface area contributed by atoms with Crippen molar-refractivity contribution in [3.63, 3.8) is 0 Å². The topological polar surface area (TPSA) is 91.8 Å². The molecule has 1 aromatic heterocycles. The Hall–Kier alpha value is -2.61. The summed E-state index contributed by atoms with van der Waals surface area (Å²) in [4.78, 5) is 12.4. The lowest BCUT2D eigenvalue weighted by Gasteiger charge is -2.12. The van der Waals surface area contributed by atoms with Crippen molar-refractivity contribution >= 4 is 17.9 Å². The van der Waals surface area contributed by atoms with E-state index in [1.807, 2.05) is 0 Å². The van der Waals surface area contributed by atoms with E-state index < -0.39 is 0 Å². The highest BCUT2D eigenvalue weighted by atomic mass is 32.1. The van der Waals surface area contributed by atoms with Gasteiger partial charge >= 0.3 is 0 Å². The Morgan fingerprint density at radius 2 is 1.87 bits per heavy atom. The fourth-order valence-electron chi connectivity index (χ4n) is 2.58. The number of hydrogen-bond acceptors (Lipinski definition) is 6. The minimum atomic E-state index is -0.377. The maximum absolute atomic E-state index is 12.4. The summed E-state index contributed by atoms with van der Waals surface area (Å²) in [5.41, 5.74) is 4.14. The Bertz CT molecular complexity index is 912. The van der Waals surface area contributed by atoms with E-state index >= 15 is 0 Å². The Balaban J connectivity index is 1.98. The number of rotatable bonds is 2. The second kappa shape index (κ2) is 5.54. The SMILES string of the molecule is Cn1c(O)c(C2=NNC(c3ccc(O)cc3)C2)c(=O)n(C)c1=S. The molecular weight excluding hydrogens is 316 g/mol. The zero-order valence-electron chi connectivity index (χ0n) is 12.6. The summed E-state index contributed by atoms with van der Waals surface area (Å²) in [6.45, 7) is 0. The van der Waals surface area contributed by atoms with E-state index in [1.54, 1.807) is 38.4 Å². The fraction of sp³-hybridized carbons (Fsp3) is 0.267. The van der Waals surface area contributed by atoms with E-state index in [1.165, 1.54) is 9.13 Å². The van der Waals surface area contributed by atoms with Crippen molar-refractivity contribution < 1.29 is 10.2 Å². The first kappa shape index (κ1) is 15.3. The molecule has 0 aliphatic carbocycles. The summed E-state index contributed by atoms with van der Waals surface area (Å²) in [6.07, 6.45) is 0.449. The number of hydrazone groups is 1. The molecule has 0 saturated heterocycles. The minimum Gasteiger partial charge on any atom is -0.508 e. The number of phenolic OH excluding ortho intramolecular Hbond substituents is 1. The summed E-state index contributed by atoms with van der Waals surface area (Å²) in [5.74, 6) is -0.00234. The van der Waals surface area contributed by atoms with Gasteiger partial charge in [0.2, 0.25) is 5.88 Å². The van der Waals surface area contributed by atoms with Gasteiger partial charge in [-0.2, -0.15) is 5.10 Å². The van der Waals surface area contributed by atoms with Gasteiger partial charge in [-0.3, -0.25) is 13.9 Å². The van der Waals surface area contributed by atoms with Crippen LogP contribution < -0.4 is 11.0 Å². The highest BCUT2D eigenvalue weighted by Gasteiger charge is 2.27. The van der Waals surface area contributed by atoms with E-state index in [4.69, 9.17) is 12.2 Å². The molecule has 0 saturated carbocycles. The second-order valence-electron chi connectivity index (χ2n) is 5.44. The summed E-state index contributed by atoms with van der Waals surface area (Å²) >= 11 is 5.10. The molecule has 1 aliphatic rings. The number of phenols is 1. The zero-order chi connectivity index (χ0) is 16.7. The minimum absolute atomic E-state index is 0.122. The molecule has 1 unspecified atom stereocenters. The van der Waals surface area contributed by atoms with Gasteiger partial charge in [-0.15, -0.1) is 0 Å². The van der Waals surface area contributed by atoms with Gasteiger partial charge in [0.1, 0.15) is 11.3 Å². The van der Waals surface area contributed by atoms with E-state index in [2.05, 4.69) is 10.5 Å². The Labute approximate surface area is 137 Å². The lowest BCUT2D eigenvalue weighted by molar-refractivity contribution is 0.414. The number of nitrogens with zero attached hydrogens (tertiary/aromatic N) is 3. The van der Waals surface area contributed by atoms with Gasteiger partial charge in [0.25, 0.3) is 5.56 Å². The molecule has 23 heavy (non-hydrogen) atoms. The first-order valence-electron chi connectivity index (χ1n) is 7.00. The largest absolute Gasteiger partial charge is 0.508 e. The maximum atomic E-state index is 12.4. The van der Waals surface area contributed by atoms with Crippen LogP contribution in [0.25, 0.3) is 0 Å². The van der Waals surface area contributed by atoms with Crippen LogP contribution in [0.15, 0.2) is 34.2 Å². The normalized spacial score (nSPS) is 17.0. The number of benzene rings is 1. The number of aromatic hydroxyl groups is 2. The highest BCUT2D eigenvalue weighted by molar-refractivity contribution is 7.71. The van der Waals surface area contributed by atoms with Crippen molar-refractivity contribution in [3.05, 3.63) is 50.5 Å². The Kier molecular flexibility index (Phi) is 3.69. The van der Waals surface area contributed by atoms with Gasteiger partial charge in [-0.1, -0.05) is 12.1 Å². The van der Waals surface area contributed by atoms with Gasteiger partial charge in [0.15, 0.2) is 4.77 Å². The van der Waals surface area contributed by atoms with Crippen molar-refractivity contribution in [1.82, 2.24) is 14.6 Å². The molecule has 3 rings (SSSR count). The second-order valence-corrected chi connectivity index (χ2v) is 5.81. The van der Waals surface area contributed by atoms with Crippen molar-refractivity contribution in [2.75, 3.05) is 0 Å². The Morgan fingerprint density at radius 1 is 1.22 bits per heavy atom. The molecule has 1 aromatic carbocycles. The van der Waals surface area contributed by atoms with Crippen LogP contribution in [-0.4, -0.2) is 25.1 Å². The van der Waals surface area contributed by atoms with Crippen molar-refractivity contribution in [2.24, 2.45) is 19.2 Å². The molecule has 3 N–H and O–H groups in total. The quantitative estimate of drug-likeness (QED) is 0.721. The molecule has 2 aromatic rings. The first-order valence-corrected chi connectivity index (χ1v) is 7.41. The molecule has 2 heterocycles. The summed E-state index contributed by atoms with van der Waals surface area (Å²) in [7, 11) is 3.16. The first-order chi connectivity index (χ1) is 10.9. The van der Waals surface area contributed by atoms with E-state index in [0.717, 1.165) is 5.56 Å². The van der Waals surface area contributed by atoms with Crippen LogP contribution in [0.4, 0.5) is 0 Å². The average molecular weight is 332 g/mol. The third kappa shape index (κ3) is 2.50. The lowest BCUT2D eigenvalue weighted by Crippen LogP contribution is -2.28. The van der Waals surface area contributed by atoms with E-state index in [9.17, 15) is 15.0 Å². The molecule has 7 nitrogen and oxygen atoms in total. The van der Waals surface area contributed by atoms with E-state index in [0.29, 0.717) is 12.1 Å². The van der Waals surface area contributed by atoms with Crippen molar-refractivity contribution in [2.45, 2.75) is 12.5 Å². The zero-order valence-corrected chi connectivity index (χ0v) is 13.5. The number of nitrogens with one attached hydrogen (secondary N) is 1. The van der Waals surface area contributed by atoms with Crippen molar-refractivity contribution in [1.29, 1.82) is 0 Å². The Morgan fingerprint density at radius 3 is 2.52 bits per heavy atom. The van der Waals surface area contributed by atoms with Crippen LogP contribution in [-0.2, 0) is 14.1 Å². The maximum Gasteiger partial charge on any atom is 0.267 e. The van der Waals surface area contributed by atoms with Crippen LogP contribution in [0.5, 0.6) is 11.6 Å². The van der Waals surface area contributed by atoms with E-state index in [-0.39, 0.29) is 33.6 Å². The van der Waals surface area contributed by atoms with Crippen molar-refractivity contribution in [3.8, 4) is 11.6 Å². The molecule has 0 amide bonds. The standard InChI is InChI=1S/C15H16N4O3S/c1-18-13(21)12(14(22)19(2)15(18)23)11-7-10(16-17-11)8-3-5-9(20)6-4-8/h3-6,10,16,20-21H,7H2,1-2H3. The molecule has 8 heteroatoms. The lowest BCUT2D eigenvalue weighted by atomic mass is 10.00. The molecule has 1 atom stereocenters.